The summed E-state index contributed by atoms with van der Waals surface area (Å²) in [6.45, 7) is 11.0. The van der Waals surface area contributed by atoms with E-state index in [2.05, 4.69) is 51.2 Å². The second-order valence-electron chi connectivity index (χ2n) is 7.15. The van der Waals surface area contributed by atoms with Crippen molar-refractivity contribution < 1.29 is 4.74 Å². The van der Waals surface area contributed by atoms with E-state index < -0.39 is 0 Å². The third-order valence-corrected chi connectivity index (χ3v) is 5.27. The zero-order valence-corrected chi connectivity index (χ0v) is 14.8. The predicted molar refractivity (Wildman–Crippen MR) is 94.6 cm³/mol. The van der Waals surface area contributed by atoms with Crippen LogP contribution in [0.25, 0.3) is 0 Å². The first kappa shape index (κ1) is 17.3. The fourth-order valence-corrected chi connectivity index (χ4v) is 3.53. The molecule has 0 bridgehead atoms. The van der Waals surface area contributed by atoms with Crippen LogP contribution in [0.1, 0.15) is 57.1 Å². The van der Waals surface area contributed by atoms with Crippen molar-refractivity contribution in [2.45, 2.75) is 65.8 Å². The van der Waals surface area contributed by atoms with Crippen molar-refractivity contribution in [3.05, 3.63) is 29.3 Å². The van der Waals surface area contributed by atoms with Crippen molar-refractivity contribution >= 4 is 0 Å². The fourth-order valence-electron chi connectivity index (χ4n) is 3.53. The van der Waals surface area contributed by atoms with Crippen LogP contribution in [0.5, 0.6) is 5.75 Å². The molecule has 0 amide bonds. The van der Waals surface area contributed by atoms with Crippen LogP contribution in [0.15, 0.2) is 18.2 Å². The SMILES string of the molecule is Cc1ccc(OCCCCN[C@H]2CCC[C@H](C)[C@H]2C)c(C)c1. The number of benzene rings is 1. The highest BCUT2D eigenvalue weighted by atomic mass is 16.5. The van der Waals surface area contributed by atoms with Crippen molar-refractivity contribution in [3.63, 3.8) is 0 Å². The van der Waals surface area contributed by atoms with Crippen LogP contribution in [0, 0.1) is 25.7 Å². The number of aryl methyl sites for hydroxylation is 2. The first-order valence-electron chi connectivity index (χ1n) is 9.01. The van der Waals surface area contributed by atoms with Gasteiger partial charge in [0.25, 0.3) is 0 Å². The Hall–Kier alpha value is -1.02. The van der Waals surface area contributed by atoms with Crippen LogP contribution < -0.4 is 10.1 Å². The summed E-state index contributed by atoms with van der Waals surface area (Å²) < 4.78 is 5.89. The molecule has 1 saturated carbocycles. The van der Waals surface area contributed by atoms with Crippen LogP contribution in [-0.2, 0) is 0 Å². The van der Waals surface area contributed by atoms with Crippen LogP contribution in [0.3, 0.4) is 0 Å². The number of unbranched alkanes of at least 4 members (excludes halogenated alkanes) is 1. The van der Waals surface area contributed by atoms with Gasteiger partial charge in [-0.3, -0.25) is 0 Å². The molecule has 0 spiro atoms. The van der Waals surface area contributed by atoms with Gasteiger partial charge < -0.3 is 10.1 Å². The van der Waals surface area contributed by atoms with Crippen LogP contribution in [0.4, 0.5) is 0 Å². The van der Waals surface area contributed by atoms with Crippen molar-refractivity contribution in [1.82, 2.24) is 5.32 Å². The van der Waals surface area contributed by atoms with Gasteiger partial charge in [-0.2, -0.15) is 0 Å². The molecule has 3 atom stereocenters. The third kappa shape index (κ3) is 5.01. The molecule has 1 aliphatic rings. The summed E-state index contributed by atoms with van der Waals surface area (Å²) in [7, 11) is 0. The third-order valence-electron chi connectivity index (χ3n) is 5.27. The van der Waals surface area contributed by atoms with Crippen LogP contribution in [-0.4, -0.2) is 19.2 Å². The smallest absolute Gasteiger partial charge is 0.122 e. The highest BCUT2D eigenvalue weighted by Gasteiger charge is 2.26. The minimum Gasteiger partial charge on any atom is -0.493 e. The van der Waals surface area contributed by atoms with Gasteiger partial charge in [0.15, 0.2) is 0 Å². The van der Waals surface area contributed by atoms with E-state index in [1.165, 1.54) is 36.8 Å². The van der Waals surface area contributed by atoms with E-state index in [0.717, 1.165) is 43.2 Å². The molecule has 1 aromatic rings. The Bertz CT molecular complexity index is 457. The van der Waals surface area contributed by atoms with Gasteiger partial charge in [-0.15, -0.1) is 0 Å². The van der Waals surface area contributed by atoms with E-state index in [1.807, 2.05) is 0 Å². The maximum Gasteiger partial charge on any atom is 0.122 e. The van der Waals surface area contributed by atoms with Crippen LogP contribution in [0.2, 0.25) is 0 Å². The molecule has 0 aliphatic heterocycles. The Morgan fingerprint density at radius 1 is 1.14 bits per heavy atom. The first-order chi connectivity index (χ1) is 10.6. The maximum atomic E-state index is 5.89. The second-order valence-corrected chi connectivity index (χ2v) is 7.15. The number of hydrogen-bond acceptors (Lipinski definition) is 2. The van der Waals surface area contributed by atoms with Crippen LogP contribution >= 0.6 is 0 Å². The molecule has 0 aromatic heterocycles. The molecule has 1 N–H and O–H groups in total. The topological polar surface area (TPSA) is 21.3 Å². The van der Waals surface area contributed by atoms with Crippen molar-refractivity contribution in [2.75, 3.05) is 13.2 Å². The molecule has 1 aliphatic carbocycles. The lowest BCUT2D eigenvalue weighted by molar-refractivity contribution is 0.205. The molecule has 2 nitrogen and oxygen atoms in total. The van der Waals surface area contributed by atoms with E-state index in [1.54, 1.807) is 0 Å². The highest BCUT2D eigenvalue weighted by Crippen LogP contribution is 2.29. The minimum absolute atomic E-state index is 0.726. The van der Waals surface area contributed by atoms with Gasteiger partial charge in [0, 0.05) is 6.04 Å². The molecule has 0 saturated heterocycles. The monoisotopic (exact) mass is 303 g/mol. The molecular weight excluding hydrogens is 270 g/mol. The molecule has 1 fully saturated rings. The Labute approximate surface area is 136 Å². The van der Waals surface area contributed by atoms with E-state index >= 15 is 0 Å². The van der Waals surface area contributed by atoms with Gasteiger partial charge in [-0.25, -0.2) is 0 Å². The molecule has 2 rings (SSSR count). The zero-order chi connectivity index (χ0) is 15.9. The average Bonchev–Trinajstić information content (AvgIpc) is 2.48. The Morgan fingerprint density at radius 2 is 1.95 bits per heavy atom. The summed E-state index contributed by atoms with van der Waals surface area (Å²) in [4.78, 5) is 0. The standard InChI is InChI=1S/C20H33NO/c1-15-10-11-20(17(3)14-15)22-13-6-5-12-21-19-9-7-8-16(2)18(19)4/h10-11,14,16,18-19,21H,5-9,12-13H2,1-4H3/t16-,18+,19-/m0/s1. The average molecular weight is 303 g/mol. The normalized spacial score (nSPS) is 25.2. The number of hydrogen-bond donors (Lipinski definition) is 1. The van der Waals surface area contributed by atoms with E-state index in [9.17, 15) is 0 Å². The maximum absolute atomic E-state index is 5.89. The molecule has 0 unspecified atom stereocenters. The van der Waals surface area contributed by atoms with E-state index in [0.29, 0.717) is 0 Å². The van der Waals surface area contributed by atoms with Crippen molar-refractivity contribution in [3.8, 4) is 5.75 Å². The Kier molecular flexibility index (Phi) is 6.75. The lowest BCUT2D eigenvalue weighted by Gasteiger charge is -2.34. The minimum atomic E-state index is 0.726. The first-order valence-corrected chi connectivity index (χ1v) is 9.01. The number of rotatable bonds is 7. The highest BCUT2D eigenvalue weighted by molar-refractivity contribution is 5.35. The summed E-state index contributed by atoms with van der Waals surface area (Å²) in [5.74, 6) is 2.73. The van der Waals surface area contributed by atoms with Gasteiger partial charge >= 0.3 is 0 Å². The molecule has 1 aromatic carbocycles. The molecule has 0 heterocycles. The Balaban J connectivity index is 1.59. The van der Waals surface area contributed by atoms with Gasteiger partial charge in [0.1, 0.15) is 5.75 Å². The van der Waals surface area contributed by atoms with E-state index in [4.69, 9.17) is 4.74 Å². The largest absolute Gasteiger partial charge is 0.493 e. The molecule has 2 heteroatoms. The van der Waals surface area contributed by atoms with Gasteiger partial charge in [0.2, 0.25) is 0 Å². The molecule has 0 radical (unpaired) electrons. The number of nitrogens with one attached hydrogen (secondary N) is 1. The second kappa shape index (κ2) is 8.57. The van der Waals surface area contributed by atoms with Crippen molar-refractivity contribution in [2.24, 2.45) is 11.8 Å². The van der Waals surface area contributed by atoms with Gasteiger partial charge in [-0.05, 0) is 63.1 Å². The lowest BCUT2D eigenvalue weighted by atomic mass is 9.78. The summed E-state index contributed by atoms with van der Waals surface area (Å²) in [6.07, 6.45) is 6.46. The van der Waals surface area contributed by atoms with Gasteiger partial charge in [0.05, 0.1) is 6.61 Å². The number of ether oxygens (including phenoxy) is 1. The Morgan fingerprint density at radius 3 is 2.73 bits per heavy atom. The fraction of sp³-hybridized carbons (Fsp3) is 0.700. The summed E-state index contributed by atoms with van der Waals surface area (Å²) in [6, 6.07) is 7.12. The summed E-state index contributed by atoms with van der Waals surface area (Å²) >= 11 is 0. The van der Waals surface area contributed by atoms with Crippen molar-refractivity contribution in [1.29, 1.82) is 0 Å². The lowest BCUT2D eigenvalue weighted by Crippen LogP contribution is -2.41. The molecule has 124 valence electrons. The summed E-state index contributed by atoms with van der Waals surface area (Å²) in [5, 5.41) is 3.76. The van der Waals surface area contributed by atoms with Gasteiger partial charge in [-0.1, -0.05) is 44.4 Å². The quantitative estimate of drug-likeness (QED) is 0.725. The molecular formula is C20H33NO. The molecule has 22 heavy (non-hydrogen) atoms. The zero-order valence-electron chi connectivity index (χ0n) is 14.8. The summed E-state index contributed by atoms with van der Waals surface area (Å²) in [5.41, 5.74) is 2.54. The van der Waals surface area contributed by atoms with E-state index in [-0.39, 0.29) is 0 Å². The predicted octanol–water partition coefficient (Wildman–Crippen LogP) is 4.88.